The topological polar surface area (TPSA) is 79.6 Å². The molecule has 1 fully saturated rings. The number of nitrogens with one attached hydrogen (secondary N) is 1. The van der Waals surface area contributed by atoms with Gasteiger partial charge in [-0.05, 0) is 50.1 Å². The third kappa shape index (κ3) is 3.95. The maximum absolute atomic E-state index is 13.0. The highest BCUT2D eigenvalue weighted by atomic mass is 35.5. The van der Waals surface area contributed by atoms with Crippen LogP contribution in [0.15, 0.2) is 51.8 Å². The molecule has 1 aromatic heterocycles. The molecule has 0 radical (unpaired) electrons. The summed E-state index contributed by atoms with van der Waals surface area (Å²) in [4.78, 5) is 14.6. The number of nitrogens with zero attached hydrogens (tertiary/aromatic N) is 1. The Bertz CT molecular complexity index is 1200. The Morgan fingerprint density at radius 3 is 2.47 bits per heavy atom. The molecule has 30 heavy (non-hydrogen) atoms. The van der Waals surface area contributed by atoms with E-state index in [-0.39, 0.29) is 22.6 Å². The van der Waals surface area contributed by atoms with E-state index < -0.39 is 15.8 Å². The van der Waals surface area contributed by atoms with Crippen molar-refractivity contribution in [1.82, 2.24) is 9.62 Å². The summed E-state index contributed by atoms with van der Waals surface area (Å²) < 4.78 is 46.4. The molecule has 0 atom stereocenters. The average molecular weight is 451 g/mol. The molecule has 6 nitrogen and oxygen atoms in total. The summed E-state index contributed by atoms with van der Waals surface area (Å²) in [6.07, 6.45) is 0.929. The van der Waals surface area contributed by atoms with Crippen molar-refractivity contribution in [3.8, 4) is 0 Å². The fourth-order valence-electron chi connectivity index (χ4n) is 3.66. The summed E-state index contributed by atoms with van der Waals surface area (Å²) in [5.41, 5.74) is 1.22. The number of piperidine rings is 1. The molecule has 0 spiro atoms. The summed E-state index contributed by atoms with van der Waals surface area (Å²) in [7, 11) is -3.75. The minimum atomic E-state index is -3.75. The van der Waals surface area contributed by atoms with Gasteiger partial charge in [-0.3, -0.25) is 4.79 Å². The minimum absolute atomic E-state index is 0.0113. The van der Waals surface area contributed by atoms with Crippen LogP contribution in [0.4, 0.5) is 4.39 Å². The lowest BCUT2D eigenvalue weighted by atomic mass is 10.1. The monoisotopic (exact) mass is 450 g/mol. The van der Waals surface area contributed by atoms with Gasteiger partial charge in [0.05, 0.1) is 9.92 Å². The Morgan fingerprint density at radius 1 is 1.17 bits per heavy atom. The summed E-state index contributed by atoms with van der Waals surface area (Å²) in [6.45, 7) is 2.60. The number of halogens is 2. The van der Waals surface area contributed by atoms with Gasteiger partial charge in [-0.2, -0.15) is 0 Å². The van der Waals surface area contributed by atoms with Gasteiger partial charge in [-0.1, -0.05) is 23.7 Å². The van der Waals surface area contributed by atoms with Crippen LogP contribution in [0.25, 0.3) is 11.0 Å². The smallest absolute Gasteiger partial charge is 0.289 e. The first-order valence-electron chi connectivity index (χ1n) is 9.51. The first-order chi connectivity index (χ1) is 14.3. The number of carbonyl (C=O) groups excluding carboxylic acids is 1. The third-order valence-corrected chi connectivity index (χ3v) is 7.17. The number of furan rings is 1. The Labute approximate surface area is 178 Å². The lowest BCUT2D eigenvalue weighted by Gasteiger charge is -2.31. The molecule has 3 aromatic rings. The summed E-state index contributed by atoms with van der Waals surface area (Å²) in [6, 6.07) is 9.73. The highest BCUT2D eigenvalue weighted by Crippen LogP contribution is 2.31. The highest BCUT2D eigenvalue weighted by Gasteiger charge is 2.30. The van der Waals surface area contributed by atoms with Crippen LogP contribution in [-0.2, 0) is 10.0 Å². The van der Waals surface area contributed by atoms with E-state index >= 15 is 0 Å². The largest absolute Gasteiger partial charge is 0.449 e. The molecule has 2 aromatic carbocycles. The molecular weight excluding hydrogens is 431 g/mol. The number of carbonyl (C=O) groups is 1. The maximum Gasteiger partial charge on any atom is 0.289 e. The molecule has 1 saturated heterocycles. The number of fused-ring (bicyclic) bond motifs is 1. The van der Waals surface area contributed by atoms with Gasteiger partial charge in [0, 0.05) is 30.1 Å². The van der Waals surface area contributed by atoms with Gasteiger partial charge in [0.15, 0.2) is 11.3 Å². The second kappa shape index (κ2) is 8.02. The van der Waals surface area contributed by atoms with Crippen LogP contribution in [0.5, 0.6) is 0 Å². The molecule has 0 bridgehead atoms. The van der Waals surface area contributed by atoms with Crippen LogP contribution in [-0.4, -0.2) is 38.4 Å². The van der Waals surface area contributed by atoms with Gasteiger partial charge < -0.3 is 9.32 Å². The molecule has 9 heteroatoms. The van der Waals surface area contributed by atoms with Crippen LogP contribution in [0, 0.1) is 12.7 Å². The van der Waals surface area contributed by atoms with Gasteiger partial charge in [-0.15, -0.1) is 0 Å². The van der Waals surface area contributed by atoms with E-state index in [1.54, 1.807) is 17.0 Å². The molecule has 1 N–H and O–H groups in total. The fraction of sp³-hybridized carbons (Fsp3) is 0.286. The SMILES string of the molecule is Cc1c(C(=O)N2CCC(NS(=O)(=O)c3ccc(F)cc3)CC2)oc2c(Cl)cccc12. The Balaban J connectivity index is 1.43. The van der Waals surface area contributed by atoms with Crippen molar-refractivity contribution in [1.29, 1.82) is 0 Å². The van der Waals surface area contributed by atoms with Gasteiger partial charge in [-0.25, -0.2) is 17.5 Å². The number of aryl methyl sites for hydroxylation is 1. The van der Waals surface area contributed by atoms with Crippen molar-refractivity contribution in [2.24, 2.45) is 0 Å². The van der Waals surface area contributed by atoms with E-state index in [0.29, 0.717) is 36.5 Å². The summed E-state index contributed by atoms with van der Waals surface area (Å²) in [5, 5.41) is 1.25. The summed E-state index contributed by atoms with van der Waals surface area (Å²) in [5.74, 6) is -0.481. The van der Waals surface area contributed by atoms with Crippen molar-refractivity contribution in [3.05, 3.63) is 64.6 Å². The molecule has 1 aliphatic heterocycles. The standard InChI is InChI=1S/C21H20ClFN2O4S/c1-13-17-3-2-4-18(22)20(17)29-19(13)21(26)25-11-9-15(10-12-25)24-30(27,28)16-7-5-14(23)6-8-16/h2-8,15,24H,9-12H2,1H3. The zero-order chi connectivity index (χ0) is 21.5. The molecular formula is C21H20ClFN2O4S. The number of amides is 1. The van der Waals surface area contributed by atoms with Gasteiger partial charge in [0.1, 0.15) is 5.82 Å². The Hall–Kier alpha value is -2.42. The van der Waals surface area contributed by atoms with E-state index in [2.05, 4.69) is 4.72 Å². The lowest BCUT2D eigenvalue weighted by molar-refractivity contribution is 0.0680. The second-order valence-corrected chi connectivity index (χ2v) is 9.44. The highest BCUT2D eigenvalue weighted by molar-refractivity contribution is 7.89. The van der Waals surface area contributed by atoms with Crippen LogP contribution in [0.3, 0.4) is 0 Å². The Morgan fingerprint density at radius 2 is 1.83 bits per heavy atom. The van der Waals surface area contributed by atoms with Crippen LogP contribution < -0.4 is 4.72 Å². The van der Waals surface area contributed by atoms with Crippen LogP contribution in [0.2, 0.25) is 5.02 Å². The fourth-order valence-corrected chi connectivity index (χ4v) is 5.18. The maximum atomic E-state index is 13.0. The molecule has 4 rings (SSSR count). The van der Waals surface area contributed by atoms with Crippen molar-refractivity contribution >= 4 is 38.5 Å². The normalized spacial score (nSPS) is 15.6. The quantitative estimate of drug-likeness (QED) is 0.648. The molecule has 0 aliphatic carbocycles. The second-order valence-electron chi connectivity index (χ2n) is 7.31. The first kappa shape index (κ1) is 20.8. The Kier molecular flexibility index (Phi) is 5.57. The molecule has 1 amide bonds. The predicted octanol–water partition coefficient (Wildman–Crippen LogP) is 4.12. The van der Waals surface area contributed by atoms with Crippen molar-refractivity contribution in [2.45, 2.75) is 30.7 Å². The van der Waals surface area contributed by atoms with Gasteiger partial charge in [0.25, 0.3) is 5.91 Å². The number of hydrogen-bond donors (Lipinski definition) is 1. The predicted molar refractivity (Wildman–Crippen MR) is 112 cm³/mol. The number of benzene rings is 2. The number of para-hydroxylation sites is 1. The first-order valence-corrected chi connectivity index (χ1v) is 11.4. The molecule has 158 valence electrons. The average Bonchev–Trinajstić information content (AvgIpc) is 3.06. The minimum Gasteiger partial charge on any atom is -0.449 e. The molecule has 2 heterocycles. The van der Waals surface area contributed by atoms with Crippen molar-refractivity contribution < 1.29 is 22.0 Å². The van der Waals surface area contributed by atoms with E-state index in [0.717, 1.165) is 23.1 Å². The number of sulfonamides is 1. The zero-order valence-electron chi connectivity index (χ0n) is 16.2. The zero-order valence-corrected chi connectivity index (χ0v) is 17.8. The lowest BCUT2D eigenvalue weighted by Crippen LogP contribution is -2.46. The molecule has 0 saturated carbocycles. The van der Waals surface area contributed by atoms with E-state index in [9.17, 15) is 17.6 Å². The van der Waals surface area contributed by atoms with Crippen molar-refractivity contribution in [3.63, 3.8) is 0 Å². The van der Waals surface area contributed by atoms with E-state index in [1.807, 2.05) is 13.0 Å². The number of hydrogen-bond acceptors (Lipinski definition) is 4. The van der Waals surface area contributed by atoms with Gasteiger partial charge in [0.2, 0.25) is 10.0 Å². The molecule has 0 unspecified atom stereocenters. The van der Waals surface area contributed by atoms with Gasteiger partial charge >= 0.3 is 0 Å². The van der Waals surface area contributed by atoms with Crippen LogP contribution in [0.1, 0.15) is 29.0 Å². The molecule has 1 aliphatic rings. The number of rotatable bonds is 4. The van der Waals surface area contributed by atoms with E-state index in [1.165, 1.54) is 12.1 Å². The van der Waals surface area contributed by atoms with E-state index in [4.69, 9.17) is 16.0 Å². The van der Waals surface area contributed by atoms with Crippen LogP contribution >= 0.6 is 11.6 Å². The van der Waals surface area contributed by atoms with Crippen molar-refractivity contribution in [2.75, 3.05) is 13.1 Å². The number of likely N-dealkylation sites (tertiary alicyclic amines) is 1. The third-order valence-electron chi connectivity index (χ3n) is 5.34. The summed E-state index contributed by atoms with van der Waals surface area (Å²) >= 11 is 6.17.